The molecular formula is C16H18N2O2. The molecule has 0 amide bonds. The Bertz CT molecular complexity index is 601. The molecule has 0 aromatic heterocycles. The molecule has 0 radical (unpaired) electrons. The number of nitrogens with one attached hydrogen (secondary N) is 1. The van der Waals surface area contributed by atoms with Crippen LogP contribution in [0, 0.1) is 0 Å². The third kappa shape index (κ3) is 2.13. The minimum atomic E-state index is -0.0465. The highest BCUT2D eigenvalue weighted by Gasteiger charge is 2.32. The van der Waals surface area contributed by atoms with Crippen molar-refractivity contribution in [3.8, 4) is 11.5 Å². The van der Waals surface area contributed by atoms with Gasteiger partial charge in [0.05, 0.1) is 19.8 Å². The second-order valence-corrected chi connectivity index (χ2v) is 4.84. The summed E-state index contributed by atoms with van der Waals surface area (Å²) in [6, 6.07) is 16.0. The molecule has 4 heteroatoms. The third-order valence-electron chi connectivity index (χ3n) is 3.79. The molecule has 0 saturated heterocycles. The Hall–Kier alpha value is -2.04. The zero-order valence-electron chi connectivity index (χ0n) is 11.4. The van der Waals surface area contributed by atoms with Crippen molar-refractivity contribution in [1.29, 1.82) is 0 Å². The summed E-state index contributed by atoms with van der Waals surface area (Å²) in [7, 11) is 1.67. The van der Waals surface area contributed by atoms with Gasteiger partial charge in [-0.2, -0.15) is 0 Å². The predicted octanol–water partition coefficient (Wildman–Crippen LogP) is 2.38. The maximum atomic E-state index is 5.80. The molecule has 3 N–H and O–H groups in total. The molecular weight excluding hydrogens is 252 g/mol. The lowest BCUT2D eigenvalue weighted by Gasteiger charge is -2.24. The Balaban J connectivity index is 1.99. The van der Waals surface area contributed by atoms with Gasteiger partial charge < -0.3 is 9.47 Å². The van der Waals surface area contributed by atoms with Crippen molar-refractivity contribution in [3.05, 3.63) is 59.7 Å². The van der Waals surface area contributed by atoms with Crippen molar-refractivity contribution in [2.45, 2.75) is 12.0 Å². The first-order valence-corrected chi connectivity index (χ1v) is 6.66. The van der Waals surface area contributed by atoms with Gasteiger partial charge in [0.2, 0.25) is 0 Å². The molecule has 0 spiro atoms. The van der Waals surface area contributed by atoms with E-state index in [-0.39, 0.29) is 12.0 Å². The van der Waals surface area contributed by atoms with Crippen LogP contribution >= 0.6 is 0 Å². The van der Waals surface area contributed by atoms with E-state index in [9.17, 15) is 0 Å². The van der Waals surface area contributed by atoms with E-state index in [1.807, 2.05) is 42.5 Å². The molecule has 2 aromatic carbocycles. The van der Waals surface area contributed by atoms with Gasteiger partial charge in [-0.15, -0.1) is 0 Å². The largest absolute Gasteiger partial charge is 0.496 e. The fourth-order valence-corrected chi connectivity index (χ4v) is 2.81. The molecule has 1 aliphatic heterocycles. The number of rotatable bonds is 4. The summed E-state index contributed by atoms with van der Waals surface area (Å²) in [5.74, 6) is 7.75. The van der Waals surface area contributed by atoms with Gasteiger partial charge >= 0.3 is 0 Å². The summed E-state index contributed by atoms with van der Waals surface area (Å²) in [4.78, 5) is 0. The molecule has 3 rings (SSSR count). The van der Waals surface area contributed by atoms with Crippen molar-refractivity contribution >= 4 is 0 Å². The first-order valence-electron chi connectivity index (χ1n) is 6.66. The number of nitrogens with two attached hydrogens (primary N) is 1. The van der Waals surface area contributed by atoms with E-state index < -0.39 is 0 Å². The minimum absolute atomic E-state index is 0.0465. The molecule has 2 aromatic rings. The Morgan fingerprint density at radius 1 is 1.20 bits per heavy atom. The zero-order chi connectivity index (χ0) is 13.9. The summed E-state index contributed by atoms with van der Waals surface area (Å²) in [6.45, 7) is 0.617. The molecule has 20 heavy (non-hydrogen) atoms. The van der Waals surface area contributed by atoms with E-state index >= 15 is 0 Å². The molecule has 0 aliphatic carbocycles. The number of ether oxygens (including phenoxy) is 2. The van der Waals surface area contributed by atoms with E-state index in [1.54, 1.807) is 7.11 Å². The van der Waals surface area contributed by atoms with Gasteiger partial charge in [0.15, 0.2) is 0 Å². The first-order chi connectivity index (χ1) is 9.85. The Labute approximate surface area is 118 Å². The van der Waals surface area contributed by atoms with E-state index in [4.69, 9.17) is 15.3 Å². The van der Waals surface area contributed by atoms with Crippen LogP contribution in [-0.2, 0) is 0 Å². The highest BCUT2D eigenvalue weighted by Crippen LogP contribution is 2.42. The highest BCUT2D eigenvalue weighted by atomic mass is 16.5. The van der Waals surface area contributed by atoms with Gasteiger partial charge in [-0.3, -0.25) is 11.3 Å². The highest BCUT2D eigenvalue weighted by molar-refractivity contribution is 5.44. The SMILES string of the molecule is COc1ccccc1C(NN)C1COc2ccccc21. The summed E-state index contributed by atoms with van der Waals surface area (Å²) < 4.78 is 11.2. The predicted molar refractivity (Wildman–Crippen MR) is 77.7 cm³/mol. The van der Waals surface area contributed by atoms with Gasteiger partial charge in [-0.05, 0) is 12.1 Å². The lowest BCUT2D eigenvalue weighted by atomic mass is 9.88. The number of methoxy groups -OCH3 is 1. The molecule has 1 aliphatic rings. The number of fused-ring (bicyclic) bond motifs is 1. The average Bonchev–Trinajstić information content (AvgIpc) is 2.93. The van der Waals surface area contributed by atoms with Crippen molar-refractivity contribution in [3.63, 3.8) is 0 Å². The van der Waals surface area contributed by atoms with E-state index in [0.29, 0.717) is 6.61 Å². The van der Waals surface area contributed by atoms with Crippen LogP contribution < -0.4 is 20.7 Å². The Kier molecular flexibility index (Phi) is 3.58. The normalized spacial score (nSPS) is 18.2. The lowest BCUT2D eigenvalue weighted by molar-refractivity contribution is 0.296. The molecule has 2 unspecified atom stereocenters. The number of benzene rings is 2. The Morgan fingerprint density at radius 3 is 2.75 bits per heavy atom. The van der Waals surface area contributed by atoms with E-state index in [0.717, 1.165) is 17.1 Å². The van der Waals surface area contributed by atoms with Crippen LogP contribution in [0.3, 0.4) is 0 Å². The molecule has 0 fully saturated rings. The second kappa shape index (κ2) is 5.53. The first kappa shape index (κ1) is 13.0. The third-order valence-corrected chi connectivity index (χ3v) is 3.79. The molecule has 0 bridgehead atoms. The lowest BCUT2D eigenvalue weighted by Crippen LogP contribution is -2.33. The van der Waals surface area contributed by atoms with Crippen molar-refractivity contribution in [1.82, 2.24) is 5.43 Å². The van der Waals surface area contributed by atoms with Gasteiger partial charge in [0.1, 0.15) is 11.5 Å². The maximum Gasteiger partial charge on any atom is 0.123 e. The maximum absolute atomic E-state index is 5.80. The fraction of sp³-hybridized carbons (Fsp3) is 0.250. The summed E-state index contributed by atoms with van der Waals surface area (Å²) in [6.07, 6.45) is 0. The quantitative estimate of drug-likeness (QED) is 0.661. The molecule has 4 nitrogen and oxygen atoms in total. The topological polar surface area (TPSA) is 56.5 Å². The van der Waals surface area contributed by atoms with Crippen molar-refractivity contribution in [2.24, 2.45) is 5.84 Å². The van der Waals surface area contributed by atoms with Gasteiger partial charge in [0, 0.05) is 17.0 Å². The van der Waals surface area contributed by atoms with Crippen molar-refractivity contribution < 1.29 is 9.47 Å². The second-order valence-electron chi connectivity index (χ2n) is 4.84. The summed E-state index contributed by atoms with van der Waals surface area (Å²) in [5.41, 5.74) is 5.14. The molecule has 2 atom stereocenters. The smallest absolute Gasteiger partial charge is 0.123 e. The van der Waals surface area contributed by atoms with Crippen LogP contribution in [0.15, 0.2) is 48.5 Å². The number of para-hydroxylation sites is 2. The van der Waals surface area contributed by atoms with Crippen LogP contribution in [-0.4, -0.2) is 13.7 Å². The average molecular weight is 270 g/mol. The minimum Gasteiger partial charge on any atom is -0.496 e. The fourth-order valence-electron chi connectivity index (χ4n) is 2.81. The summed E-state index contributed by atoms with van der Waals surface area (Å²) in [5, 5.41) is 0. The van der Waals surface area contributed by atoms with Crippen LogP contribution in [0.5, 0.6) is 11.5 Å². The zero-order valence-corrected chi connectivity index (χ0v) is 11.4. The van der Waals surface area contributed by atoms with Crippen LogP contribution in [0.4, 0.5) is 0 Å². The van der Waals surface area contributed by atoms with Crippen LogP contribution in [0.2, 0.25) is 0 Å². The Morgan fingerprint density at radius 2 is 1.95 bits per heavy atom. The number of hydrogen-bond acceptors (Lipinski definition) is 4. The van der Waals surface area contributed by atoms with E-state index in [2.05, 4.69) is 11.5 Å². The van der Waals surface area contributed by atoms with Gasteiger partial charge in [-0.1, -0.05) is 36.4 Å². The van der Waals surface area contributed by atoms with Crippen molar-refractivity contribution in [2.75, 3.05) is 13.7 Å². The van der Waals surface area contributed by atoms with Gasteiger partial charge in [-0.25, -0.2) is 0 Å². The number of hydrogen-bond donors (Lipinski definition) is 2. The summed E-state index contributed by atoms with van der Waals surface area (Å²) >= 11 is 0. The standard InChI is InChI=1S/C16H18N2O2/c1-19-14-8-4-3-7-12(14)16(18-17)13-10-20-15-9-5-2-6-11(13)15/h2-9,13,16,18H,10,17H2,1H3. The van der Waals surface area contributed by atoms with Crippen LogP contribution in [0.25, 0.3) is 0 Å². The molecule has 1 heterocycles. The molecule has 104 valence electrons. The van der Waals surface area contributed by atoms with Gasteiger partial charge in [0.25, 0.3) is 0 Å². The number of hydrazine groups is 1. The monoisotopic (exact) mass is 270 g/mol. The van der Waals surface area contributed by atoms with E-state index in [1.165, 1.54) is 5.56 Å². The molecule has 0 saturated carbocycles. The van der Waals surface area contributed by atoms with Crippen LogP contribution in [0.1, 0.15) is 23.1 Å².